The number of rotatable bonds is 3. The van der Waals surface area contributed by atoms with Gasteiger partial charge in [-0.1, -0.05) is 13.0 Å². The van der Waals surface area contributed by atoms with Crippen LogP contribution in [0.4, 0.5) is 5.82 Å². The first-order valence-electron chi connectivity index (χ1n) is 4.06. The molecule has 0 saturated carbocycles. The second kappa shape index (κ2) is 5.03. The molecular weight excluding hydrogens is 166 g/mol. The van der Waals surface area contributed by atoms with Crippen LogP contribution in [0, 0.1) is 0 Å². The Balaban J connectivity index is 2.50. The standard InChI is InChI=1S/C9H11N3O/c1-2-3-4-9(13)12-8-7-10-5-6-11-8/h3-7H,2H2,1H3,(H,11,12,13)/b4-3+. The van der Waals surface area contributed by atoms with Gasteiger partial charge in [0, 0.05) is 12.4 Å². The quantitative estimate of drug-likeness (QED) is 0.709. The molecule has 1 amide bonds. The van der Waals surface area contributed by atoms with Gasteiger partial charge in [0.25, 0.3) is 0 Å². The van der Waals surface area contributed by atoms with Crippen LogP contribution in [0.25, 0.3) is 0 Å². The Morgan fingerprint density at radius 2 is 2.46 bits per heavy atom. The number of hydrogen-bond donors (Lipinski definition) is 1. The summed E-state index contributed by atoms with van der Waals surface area (Å²) in [6.45, 7) is 1.96. The van der Waals surface area contributed by atoms with Gasteiger partial charge < -0.3 is 5.32 Å². The third-order valence-electron chi connectivity index (χ3n) is 1.32. The van der Waals surface area contributed by atoms with E-state index in [0.717, 1.165) is 6.42 Å². The maximum Gasteiger partial charge on any atom is 0.249 e. The van der Waals surface area contributed by atoms with Gasteiger partial charge in [-0.05, 0) is 12.5 Å². The minimum Gasteiger partial charge on any atom is -0.306 e. The summed E-state index contributed by atoms with van der Waals surface area (Å²) in [6, 6.07) is 0. The average Bonchev–Trinajstić information content (AvgIpc) is 2.16. The zero-order valence-electron chi connectivity index (χ0n) is 7.40. The molecule has 0 radical (unpaired) electrons. The van der Waals surface area contributed by atoms with E-state index in [0.29, 0.717) is 5.82 Å². The van der Waals surface area contributed by atoms with E-state index in [1.807, 2.05) is 6.92 Å². The number of allylic oxidation sites excluding steroid dienone is 1. The number of amides is 1. The van der Waals surface area contributed by atoms with Crippen molar-refractivity contribution in [1.29, 1.82) is 0 Å². The Morgan fingerprint density at radius 1 is 1.62 bits per heavy atom. The normalized spacial score (nSPS) is 10.2. The molecule has 0 fully saturated rings. The fraction of sp³-hybridized carbons (Fsp3) is 0.222. The monoisotopic (exact) mass is 177 g/mol. The highest BCUT2D eigenvalue weighted by Gasteiger charge is 1.96. The molecule has 68 valence electrons. The molecule has 0 saturated heterocycles. The van der Waals surface area contributed by atoms with Gasteiger partial charge in [0.15, 0.2) is 5.82 Å². The van der Waals surface area contributed by atoms with Crippen LogP contribution in [0.3, 0.4) is 0 Å². The van der Waals surface area contributed by atoms with Crippen LogP contribution in [-0.2, 0) is 4.79 Å². The van der Waals surface area contributed by atoms with Crippen LogP contribution in [-0.4, -0.2) is 15.9 Å². The van der Waals surface area contributed by atoms with Gasteiger partial charge in [0.1, 0.15) is 0 Å². The lowest BCUT2D eigenvalue weighted by atomic mass is 10.4. The molecule has 0 unspecified atom stereocenters. The molecule has 1 N–H and O–H groups in total. The van der Waals surface area contributed by atoms with Crippen molar-refractivity contribution in [2.75, 3.05) is 5.32 Å². The van der Waals surface area contributed by atoms with Gasteiger partial charge in [-0.3, -0.25) is 9.78 Å². The van der Waals surface area contributed by atoms with E-state index in [9.17, 15) is 4.79 Å². The lowest BCUT2D eigenvalue weighted by Gasteiger charge is -1.97. The number of nitrogens with zero attached hydrogens (tertiary/aromatic N) is 2. The van der Waals surface area contributed by atoms with Crippen LogP contribution in [0.1, 0.15) is 13.3 Å². The summed E-state index contributed by atoms with van der Waals surface area (Å²) in [5.74, 6) is 0.288. The lowest BCUT2D eigenvalue weighted by Crippen LogP contribution is -2.09. The number of nitrogens with one attached hydrogen (secondary N) is 1. The van der Waals surface area contributed by atoms with Crippen molar-refractivity contribution in [3.63, 3.8) is 0 Å². The molecule has 0 aliphatic heterocycles. The number of hydrogen-bond acceptors (Lipinski definition) is 3. The molecule has 1 rings (SSSR count). The summed E-state index contributed by atoms with van der Waals surface area (Å²) in [5.41, 5.74) is 0. The average molecular weight is 177 g/mol. The lowest BCUT2D eigenvalue weighted by molar-refractivity contribution is -0.111. The Kier molecular flexibility index (Phi) is 3.63. The topological polar surface area (TPSA) is 54.9 Å². The van der Waals surface area contributed by atoms with Gasteiger partial charge in [-0.15, -0.1) is 0 Å². The minimum absolute atomic E-state index is 0.178. The third-order valence-corrected chi connectivity index (χ3v) is 1.32. The first-order chi connectivity index (χ1) is 6.33. The van der Waals surface area contributed by atoms with E-state index in [1.165, 1.54) is 18.5 Å². The largest absolute Gasteiger partial charge is 0.306 e. The molecule has 1 aromatic heterocycles. The molecule has 1 aromatic rings. The van der Waals surface area contributed by atoms with Crippen molar-refractivity contribution in [3.05, 3.63) is 30.7 Å². The van der Waals surface area contributed by atoms with Gasteiger partial charge in [-0.25, -0.2) is 4.98 Å². The number of carbonyl (C=O) groups is 1. The van der Waals surface area contributed by atoms with Gasteiger partial charge in [-0.2, -0.15) is 0 Å². The summed E-state index contributed by atoms with van der Waals surface area (Å²) in [4.78, 5) is 18.8. The molecule has 13 heavy (non-hydrogen) atoms. The first-order valence-corrected chi connectivity index (χ1v) is 4.06. The second-order valence-electron chi connectivity index (χ2n) is 2.39. The van der Waals surface area contributed by atoms with Crippen molar-refractivity contribution in [2.45, 2.75) is 13.3 Å². The number of anilines is 1. The molecule has 0 aliphatic rings. The highest BCUT2D eigenvalue weighted by molar-refractivity contribution is 5.98. The van der Waals surface area contributed by atoms with Gasteiger partial charge in [0.2, 0.25) is 5.91 Å². The number of aromatic nitrogens is 2. The predicted molar refractivity (Wildman–Crippen MR) is 50.1 cm³/mol. The smallest absolute Gasteiger partial charge is 0.249 e. The van der Waals surface area contributed by atoms with Crippen molar-refractivity contribution in [1.82, 2.24) is 9.97 Å². The van der Waals surface area contributed by atoms with Gasteiger partial charge >= 0.3 is 0 Å². The SMILES string of the molecule is CC/C=C/C(=O)Nc1cnccn1. The van der Waals surface area contributed by atoms with E-state index < -0.39 is 0 Å². The fourth-order valence-electron chi connectivity index (χ4n) is 0.756. The summed E-state index contributed by atoms with van der Waals surface area (Å²) in [5, 5.41) is 2.58. The zero-order valence-corrected chi connectivity index (χ0v) is 7.40. The summed E-state index contributed by atoms with van der Waals surface area (Å²) >= 11 is 0. The highest BCUT2D eigenvalue weighted by Crippen LogP contribution is 1.96. The molecule has 0 aromatic carbocycles. The molecular formula is C9H11N3O. The summed E-state index contributed by atoms with van der Waals surface area (Å²) in [6.07, 6.45) is 8.68. The maximum absolute atomic E-state index is 11.1. The Bertz CT molecular complexity index is 295. The summed E-state index contributed by atoms with van der Waals surface area (Å²) < 4.78 is 0. The van der Waals surface area contributed by atoms with Crippen LogP contribution in [0.2, 0.25) is 0 Å². The van der Waals surface area contributed by atoms with Crippen LogP contribution < -0.4 is 5.32 Å². The predicted octanol–water partition coefficient (Wildman–Crippen LogP) is 1.38. The molecule has 0 aliphatic carbocycles. The van der Waals surface area contributed by atoms with Crippen molar-refractivity contribution in [2.24, 2.45) is 0 Å². The summed E-state index contributed by atoms with van der Waals surface area (Å²) in [7, 11) is 0. The Labute approximate surface area is 76.7 Å². The van der Waals surface area contributed by atoms with E-state index in [1.54, 1.807) is 12.3 Å². The molecule has 0 bridgehead atoms. The van der Waals surface area contributed by atoms with E-state index in [4.69, 9.17) is 0 Å². The van der Waals surface area contributed by atoms with Gasteiger partial charge in [0.05, 0.1) is 6.20 Å². The van der Waals surface area contributed by atoms with Crippen LogP contribution in [0.5, 0.6) is 0 Å². The third kappa shape index (κ3) is 3.46. The number of carbonyl (C=O) groups excluding carboxylic acids is 1. The van der Waals surface area contributed by atoms with Crippen molar-refractivity contribution < 1.29 is 4.79 Å². The second-order valence-corrected chi connectivity index (χ2v) is 2.39. The fourth-order valence-corrected chi connectivity index (χ4v) is 0.756. The van der Waals surface area contributed by atoms with Crippen molar-refractivity contribution >= 4 is 11.7 Å². The zero-order chi connectivity index (χ0) is 9.52. The van der Waals surface area contributed by atoms with E-state index in [2.05, 4.69) is 15.3 Å². The maximum atomic E-state index is 11.1. The molecule has 0 atom stereocenters. The van der Waals surface area contributed by atoms with Crippen molar-refractivity contribution in [3.8, 4) is 0 Å². The van der Waals surface area contributed by atoms with Crippen LogP contribution >= 0.6 is 0 Å². The van der Waals surface area contributed by atoms with E-state index in [-0.39, 0.29) is 5.91 Å². The molecule has 1 heterocycles. The molecule has 0 spiro atoms. The molecule has 4 nitrogen and oxygen atoms in total. The Hall–Kier alpha value is -1.71. The molecule has 4 heteroatoms. The van der Waals surface area contributed by atoms with E-state index >= 15 is 0 Å². The van der Waals surface area contributed by atoms with Crippen LogP contribution in [0.15, 0.2) is 30.7 Å². The highest BCUT2D eigenvalue weighted by atomic mass is 16.1. The Morgan fingerprint density at radius 3 is 3.08 bits per heavy atom. The first kappa shape index (κ1) is 9.38. The minimum atomic E-state index is -0.178.